The number of sulfonamides is 1. The molecule has 0 unspecified atom stereocenters. The number of carbonyl (C=O) groups excluding carboxylic acids is 3. The number of Topliss-reactive ketones (excluding diaryl/α,β-unsaturated/α-hetero) is 2. The first-order chi connectivity index (χ1) is 16.2. The van der Waals surface area contributed by atoms with Gasteiger partial charge in [-0.3, -0.25) is 9.59 Å². The van der Waals surface area contributed by atoms with Crippen molar-refractivity contribution >= 4 is 56.7 Å². The molecule has 0 saturated carbocycles. The van der Waals surface area contributed by atoms with Crippen LogP contribution in [0.1, 0.15) is 28.8 Å². The fraction of sp³-hybridized carbons (Fsp3) is 0.261. The molecule has 0 bridgehead atoms. The third-order valence-corrected chi connectivity index (χ3v) is 9.06. The Morgan fingerprint density at radius 1 is 1.00 bits per heavy atom. The van der Waals surface area contributed by atoms with Crippen LogP contribution in [0.25, 0.3) is 5.76 Å². The Hall–Kier alpha value is -2.82. The lowest BCUT2D eigenvalue weighted by Crippen LogP contribution is -2.53. The Morgan fingerprint density at radius 2 is 1.65 bits per heavy atom. The average molecular weight is 519 g/mol. The number of urea groups is 1. The van der Waals surface area contributed by atoms with Crippen molar-refractivity contribution in [2.75, 3.05) is 18.8 Å². The van der Waals surface area contributed by atoms with E-state index in [9.17, 15) is 22.8 Å². The molecule has 34 heavy (non-hydrogen) atoms. The van der Waals surface area contributed by atoms with E-state index in [2.05, 4.69) is 4.72 Å². The first-order valence-corrected chi connectivity index (χ1v) is 13.4. The van der Waals surface area contributed by atoms with Crippen molar-refractivity contribution in [3.63, 3.8) is 0 Å². The number of benzene rings is 2. The summed E-state index contributed by atoms with van der Waals surface area (Å²) in [5.41, 5.74) is 0.305. The van der Waals surface area contributed by atoms with Crippen LogP contribution in [0.5, 0.6) is 0 Å². The Kier molecular flexibility index (Phi) is 5.70. The minimum atomic E-state index is -4.03. The van der Waals surface area contributed by atoms with Crippen LogP contribution in [0, 0.1) is 0 Å². The van der Waals surface area contributed by atoms with Crippen LogP contribution >= 0.6 is 23.4 Å². The number of hydrogen-bond donors (Lipinski definition) is 1. The molecule has 3 aliphatic rings. The van der Waals surface area contributed by atoms with E-state index < -0.39 is 33.2 Å². The van der Waals surface area contributed by atoms with E-state index in [1.54, 1.807) is 24.3 Å². The van der Waals surface area contributed by atoms with Crippen LogP contribution in [0.4, 0.5) is 4.79 Å². The molecule has 1 aliphatic carbocycles. The van der Waals surface area contributed by atoms with Gasteiger partial charge in [-0.15, -0.1) is 11.8 Å². The van der Waals surface area contributed by atoms with Crippen molar-refractivity contribution < 1.29 is 27.5 Å². The quantitative estimate of drug-likeness (QED) is 0.606. The molecule has 2 aromatic rings. The van der Waals surface area contributed by atoms with Gasteiger partial charge in [-0.05, 0) is 24.3 Å². The Balaban J connectivity index is 1.29. The number of halogens is 1. The molecular formula is C23H19ClN2O6S2. The summed E-state index contributed by atoms with van der Waals surface area (Å²) >= 11 is 7.11. The summed E-state index contributed by atoms with van der Waals surface area (Å²) in [5.74, 6) is -0.210. The van der Waals surface area contributed by atoms with Gasteiger partial charge in [0.1, 0.15) is 16.3 Å². The van der Waals surface area contributed by atoms with Gasteiger partial charge < -0.3 is 9.64 Å². The first-order valence-electron chi connectivity index (χ1n) is 10.5. The second-order valence-corrected chi connectivity index (χ2v) is 11.4. The van der Waals surface area contributed by atoms with Crippen molar-refractivity contribution in [3.05, 3.63) is 69.6 Å². The van der Waals surface area contributed by atoms with E-state index in [4.69, 9.17) is 16.3 Å². The molecule has 0 radical (unpaired) electrons. The van der Waals surface area contributed by atoms with Crippen LogP contribution in [0.15, 0.2) is 58.3 Å². The van der Waals surface area contributed by atoms with Gasteiger partial charge in [0.05, 0.1) is 4.90 Å². The molecule has 1 spiro atoms. The Labute approximate surface area is 205 Å². The number of rotatable bonds is 2. The zero-order valence-corrected chi connectivity index (χ0v) is 20.1. The molecule has 176 valence electrons. The van der Waals surface area contributed by atoms with Crippen molar-refractivity contribution in [3.8, 4) is 0 Å². The summed E-state index contributed by atoms with van der Waals surface area (Å²) in [6, 6.07) is 11.7. The normalized spacial score (nSPS) is 19.4. The number of hydrogen-bond acceptors (Lipinski definition) is 7. The highest BCUT2D eigenvalue weighted by Crippen LogP contribution is 2.47. The van der Waals surface area contributed by atoms with Crippen molar-refractivity contribution in [1.29, 1.82) is 0 Å². The highest BCUT2D eigenvalue weighted by Gasteiger charge is 2.46. The largest absolute Gasteiger partial charge is 0.484 e. The standard InChI is InChI=1S/C23H19ClN2O6S2/c24-14-5-7-15(8-6-14)34(30,31)25-22(29)26-11-9-23(10-12-26)13-33-21-19(28)18(27)16-3-1-2-4-17(16)20(21)32-23/h1-8H,9-13H2,(H,25,29). The SMILES string of the molecule is O=C1C(=O)c2ccccc2C2=C1SCC1(CCN(C(=O)NS(=O)(=O)c3ccc(Cl)cc3)CC1)O2. The van der Waals surface area contributed by atoms with E-state index in [1.807, 2.05) is 0 Å². The maximum atomic E-state index is 12.7. The summed E-state index contributed by atoms with van der Waals surface area (Å²) in [5, 5.41) is 0.391. The lowest BCUT2D eigenvalue weighted by Gasteiger charge is -2.45. The van der Waals surface area contributed by atoms with E-state index in [-0.39, 0.29) is 18.0 Å². The maximum Gasteiger partial charge on any atom is 0.331 e. The van der Waals surface area contributed by atoms with Gasteiger partial charge >= 0.3 is 6.03 Å². The second kappa shape index (κ2) is 8.44. The van der Waals surface area contributed by atoms with Gasteiger partial charge in [0.25, 0.3) is 10.0 Å². The number of nitrogens with zero attached hydrogens (tertiary/aromatic N) is 1. The van der Waals surface area contributed by atoms with E-state index in [1.165, 1.54) is 40.9 Å². The van der Waals surface area contributed by atoms with Crippen LogP contribution in [0.2, 0.25) is 5.02 Å². The van der Waals surface area contributed by atoms with Gasteiger partial charge in [0.15, 0.2) is 0 Å². The summed E-state index contributed by atoms with van der Waals surface area (Å²) in [4.78, 5) is 39.4. The summed E-state index contributed by atoms with van der Waals surface area (Å²) in [6.07, 6.45) is 0.908. The topological polar surface area (TPSA) is 110 Å². The molecule has 8 nitrogen and oxygen atoms in total. The Morgan fingerprint density at radius 3 is 2.32 bits per heavy atom. The highest BCUT2D eigenvalue weighted by molar-refractivity contribution is 8.04. The number of nitrogens with one attached hydrogen (secondary N) is 1. The number of allylic oxidation sites excluding steroid dienone is 1. The van der Waals surface area contributed by atoms with Crippen molar-refractivity contribution in [2.45, 2.75) is 23.3 Å². The summed E-state index contributed by atoms with van der Waals surface area (Å²) in [6.45, 7) is 0.555. The number of ketones is 2. The minimum Gasteiger partial charge on any atom is -0.484 e. The first kappa shape index (κ1) is 22.9. The average Bonchev–Trinajstić information content (AvgIpc) is 2.83. The molecule has 1 N–H and O–H groups in total. The minimum absolute atomic E-state index is 0.0552. The van der Waals surface area contributed by atoms with Gasteiger partial charge in [0.2, 0.25) is 11.6 Å². The molecule has 11 heteroatoms. The van der Waals surface area contributed by atoms with E-state index in [0.29, 0.717) is 45.4 Å². The lowest BCUT2D eigenvalue weighted by atomic mass is 9.90. The third kappa shape index (κ3) is 3.99. The molecule has 2 heterocycles. The number of thioether (sulfide) groups is 1. The molecule has 0 atom stereocenters. The number of amides is 2. The molecule has 2 amide bonds. The van der Waals surface area contributed by atoms with Crippen LogP contribution in [0.3, 0.4) is 0 Å². The fourth-order valence-corrected chi connectivity index (χ4v) is 6.59. The van der Waals surface area contributed by atoms with Gasteiger partial charge in [-0.25, -0.2) is 17.9 Å². The number of carbonyl (C=O) groups is 3. The van der Waals surface area contributed by atoms with E-state index in [0.717, 1.165) is 0 Å². The van der Waals surface area contributed by atoms with E-state index >= 15 is 0 Å². The van der Waals surface area contributed by atoms with Gasteiger partial charge in [-0.1, -0.05) is 35.9 Å². The number of likely N-dealkylation sites (tertiary alicyclic amines) is 1. The van der Waals surface area contributed by atoms with Crippen molar-refractivity contribution in [1.82, 2.24) is 9.62 Å². The lowest BCUT2D eigenvalue weighted by molar-refractivity contribution is -0.111. The van der Waals surface area contributed by atoms with Gasteiger partial charge in [-0.2, -0.15) is 0 Å². The zero-order chi connectivity index (χ0) is 24.1. The maximum absolute atomic E-state index is 12.7. The van der Waals surface area contributed by atoms with Gasteiger partial charge in [0, 0.05) is 47.8 Å². The summed E-state index contributed by atoms with van der Waals surface area (Å²) in [7, 11) is -4.03. The summed E-state index contributed by atoms with van der Waals surface area (Å²) < 4.78 is 33.5. The number of fused-ring (bicyclic) bond motifs is 2. The zero-order valence-electron chi connectivity index (χ0n) is 17.7. The smallest absolute Gasteiger partial charge is 0.331 e. The fourth-order valence-electron chi connectivity index (χ4n) is 4.23. The number of ether oxygens (including phenoxy) is 1. The molecule has 2 aromatic carbocycles. The highest BCUT2D eigenvalue weighted by atomic mass is 35.5. The molecule has 2 aliphatic heterocycles. The van der Waals surface area contributed by atoms with Crippen LogP contribution in [-0.4, -0.2) is 55.4 Å². The molecule has 1 saturated heterocycles. The predicted octanol–water partition coefficient (Wildman–Crippen LogP) is 3.47. The predicted molar refractivity (Wildman–Crippen MR) is 127 cm³/mol. The molecule has 0 aromatic heterocycles. The van der Waals surface area contributed by atoms with Crippen molar-refractivity contribution in [2.24, 2.45) is 0 Å². The Bertz CT molecular complexity index is 1350. The monoisotopic (exact) mass is 518 g/mol. The molecule has 5 rings (SSSR count). The molecular weight excluding hydrogens is 500 g/mol. The number of piperidine rings is 1. The molecule has 1 fully saturated rings. The van der Waals surface area contributed by atoms with Crippen LogP contribution in [-0.2, 0) is 19.6 Å². The van der Waals surface area contributed by atoms with Crippen LogP contribution < -0.4 is 4.72 Å². The second-order valence-electron chi connectivity index (χ2n) is 8.29. The third-order valence-electron chi connectivity index (χ3n) is 6.14.